The van der Waals surface area contributed by atoms with Crippen LogP contribution < -0.4 is 0 Å². The summed E-state index contributed by atoms with van der Waals surface area (Å²) < 4.78 is 9.89. The lowest BCUT2D eigenvalue weighted by atomic mass is 10.1. The van der Waals surface area contributed by atoms with Crippen molar-refractivity contribution in [1.82, 2.24) is 0 Å². The molecule has 0 bridgehead atoms. The van der Waals surface area contributed by atoms with Crippen LogP contribution >= 0.6 is 0 Å². The zero-order valence-electron chi connectivity index (χ0n) is 10.7. The second-order valence-electron chi connectivity index (χ2n) is 4.43. The highest BCUT2D eigenvalue weighted by Crippen LogP contribution is 2.33. The van der Waals surface area contributed by atoms with Crippen LogP contribution in [0.1, 0.15) is 6.42 Å². The number of aliphatic hydroxyl groups excluding tert-OH is 7. The van der Waals surface area contributed by atoms with Crippen molar-refractivity contribution >= 4 is 0 Å². The molecule has 0 radical (unpaired) electrons. The highest BCUT2D eigenvalue weighted by atomic mass is 16.8. The number of ether oxygens (including phenoxy) is 2. The van der Waals surface area contributed by atoms with Crippen LogP contribution in [0.4, 0.5) is 0 Å². The number of aliphatic hydroxyl groups is 7. The minimum Gasteiger partial charge on any atom is -0.481 e. The summed E-state index contributed by atoms with van der Waals surface area (Å²) in [5.41, 5.74) is 0. The Morgan fingerprint density at radius 1 is 1.30 bits per heavy atom. The molecule has 118 valence electrons. The first-order valence-corrected chi connectivity index (χ1v) is 6.04. The van der Waals surface area contributed by atoms with Crippen LogP contribution in [-0.2, 0) is 9.47 Å². The van der Waals surface area contributed by atoms with Crippen molar-refractivity contribution < 1.29 is 45.2 Å². The standard InChI is InChI=1S/C11H20O9/c12-2-1-6(15)3-8(16)20-11(5-14)10(18)9(17)7(4-13)19-11/h3,6-7,9-10,12-18H,1-2,4-5H2/b8-3+/t6-,7-,9?,10?,11+/m1/s1. The van der Waals surface area contributed by atoms with Crippen molar-refractivity contribution in [2.75, 3.05) is 19.8 Å². The van der Waals surface area contributed by atoms with Gasteiger partial charge in [-0.1, -0.05) is 0 Å². The SMILES string of the molecule is OCC[C@@H](O)/C=C(\O)O[C@]1(CO)O[C@H](CO)C(O)C1O. The van der Waals surface area contributed by atoms with Gasteiger partial charge in [0.15, 0.2) is 6.10 Å². The van der Waals surface area contributed by atoms with Crippen LogP contribution in [0, 0.1) is 0 Å². The van der Waals surface area contributed by atoms with Gasteiger partial charge in [-0.25, -0.2) is 0 Å². The Bertz CT molecular complexity index is 334. The summed E-state index contributed by atoms with van der Waals surface area (Å²) in [5, 5.41) is 65.0. The lowest BCUT2D eigenvalue weighted by molar-refractivity contribution is -0.272. The van der Waals surface area contributed by atoms with Gasteiger partial charge in [0.2, 0.25) is 0 Å². The van der Waals surface area contributed by atoms with Crippen LogP contribution in [0.3, 0.4) is 0 Å². The van der Waals surface area contributed by atoms with Gasteiger partial charge in [-0.15, -0.1) is 0 Å². The second-order valence-corrected chi connectivity index (χ2v) is 4.43. The molecule has 1 aliphatic heterocycles. The Hall–Kier alpha value is -0.940. The molecular weight excluding hydrogens is 276 g/mol. The lowest BCUT2D eigenvalue weighted by Gasteiger charge is -2.30. The molecule has 0 aromatic carbocycles. The molecule has 0 aliphatic carbocycles. The van der Waals surface area contributed by atoms with E-state index >= 15 is 0 Å². The van der Waals surface area contributed by atoms with E-state index in [2.05, 4.69) is 0 Å². The van der Waals surface area contributed by atoms with Gasteiger partial charge < -0.3 is 45.2 Å². The molecular formula is C11H20O9. The summed E-state index contributed by atoms with van der Waals surface area (Å²) >= 11 is 0. The van der Waals surface area contributed by atoms with Gasteiger partial charge in [0.25, 0.3) is 11.7 Å². The topological polar surface area (TPSA) is 160 Å². The van der Waals surface area contributed by atoms with E-state index in [1.54, 1.807) is 0 Å². The van der Waals surface area contributed by atoms with Crippen molar-refractivity contribution in [3.8, 4) is 0 Å². The first-order chi connectivity index (χ1) is 9.40. The van der Waals surface area contributed by atoms with E-state index in [9.17, 15) is 25.5 Å². The van der Waals surface area contributed by atoms with E-state index < -0.39 is 49.4 Å². The predicted molar refractivity (Wildman–Crippen MR) is 63.3 cm³/mol. The summed E-state index contributed by atoms with van der Waals surface area (Å²) in [6.07, 6.45) is -4.83. The molecule has 1 aliphatic rings. The van der Waals surface area contributed by atoms with E-state index in [1.165, 1.54) is 0 Å². The third-order valence-corrected chi connectivity index (χ3v) is 2.94. The molecule has 0 aromatic rings. The van der Waals surface area contributed by atoms with Crippen LogP contribution in [0.25, 0.3) is 0 Å². The van der Waals surface area contributed by atoms with Crippen molar-refractivity contribution in [2.45, 2.75) is 36.6 Å². The van der Waals surface area contributed by atoms with Gasteiger partial charge >= 0.3 is 0 Å². The maximum atomic E-state index is 9.78. The van der Waals surface area contributed by atoms with Crippen LogP contribution in [0.2, 0.25) is 0 Å². The summed E-state index contributed by atoms with van der Waals surface area (Å²) in [4.78, 5) is 0. The molecule has 2 unspecified atom stereocenters. The molecule has 0 amide bonds. The van der Waals surface area contributed by atoms with Crippen LogP contribution in [-0.4, -0.2) is 85.8 Å². The van der Waals surface area contributed by atoms with E-state index in [-0.39, 0.29) is 13.0 Å². The zero-order chi connectivity index (χ0) is 15.3. The molecule has 0 saturated carbocycles. The van der Waals surface area contributed by atoms with Crippen molar-refractivity contribution in [2.24, 2.45) is 0 Å². The van der Waals surface area contributed by atoms with E-state index in [4.69, 9.17) is 19.7 Å². The van der Waals surface area contributed by atoms with Crippen molar-refractivity contribution in [1.29, 1.82) is 0 Å². The Labute approximate surface area is 114 Å². The van der Waals surface area contributed by atoms with Crippen LogP contribution in [0.5, 0.6) is 0 Å². The monoisotopic (exact) mass is 296 g/mol. The second kappa shape index (κ2) is 7.18. The molecule has 1 saturated heterocycles. The smallest absolute Gasteiger partial charge is 0.277 e. The van der Waals surface area contributed by atoms with Gasteiger partial charge in [0, 0.05) is 19.1 Å². The Kier molecular flexibility index (Phi) is 6.14. The molecule has 1 rings (SSSR count). The minimum atomic E-state index is -2.15. The lowest BCUT2D eigenvalue weighted by Crippen LogP contribution is -2.48. The fourth-order valence-corrected chi connectivity index (χ4v) is 1.84. The highest BCUT2D eigenvalue weighted by Gasteiger charge is 2.56. The first kappa shape index (κ1) is 17.1. The molecule has 0 aromatic heterocycles. The summed E-state index contributed by atoms with van der Waals surface area (Å²) in [5.74, 6) is -3.00. The van der Waals surface area contributed by atoms with Gasteiger partial charge in [-0.3, -0.25) is 0 Å². The zero-order valence-corrected chi connectivity index (χ0v) is 10.7. The average molecular weight is 296 g/mol. The number of hydrogen-bond acceptors (Lipinski definition) is 9. The average Bonchev–Trinajstić information content (AvgIpc) is 2.64. The maximum Gasteiger partial charge on any atom is 0.277 e. The van der Waals surface area contributed by atoms with Gasteiger partial charge in [-0.05, 0) is 0 Å². The Balaban J connectivity index is 2.81. The van der Waals surface area contributed by atoms with E-state index in [1.807, 2.05) is 0 Å². The van der Waals surface area contributed by atoms with Gasteiger partial charge in [-0.2, -0.15) is 0 Å². The molecule has 0 spiro atoms. The predicted octanol–water partition coefficient (Wildman–Crippen LogP) is -3.05. The molecule has 7 N–H and O–H groups in total. The van der Waals surface area contributed by atoms with Crippen molar-refractivity contribution in [3.05, 3.63) is 12.0 Å². The third-order valence-electron chi connectivity index (χ3n) is 2.94. The largest absolute Gasteiger partial charge is 0.481 e. The summed E-state index contributed by atoms with van der Waals surface area (Å²) in [7, 11) is 0. The number of hydrogen-bond donors (Lipinski definition) is 7. The van der Waals surface area contributed by atoms with Crippen LogP contribution in [0.15, 0.2) is 12.0 Å². The fourth-order valence-electron chi connectivity index (χ4n) is 1.84. The molecule has 9 heteroatoms. The summed E-state index contributed by atoms with van der Waals surface area (Å²) in [6, 6.07) is 0. The maximum absolute atomic E-state index is 9.78. The molecule has 9 nitrogen and oxygen atoms in total. The minimum absolute atomic E-state index is 0.0507. The Morgan fingerprint density at radius 3 is 2.40 bits per heavy atom. The highest BCUT2D eigenvalue weighted by molar-refractivity contribution is 5.00. The number of rotatable bonds is 7. The first-order valence-electron chi connectivity index (χ1n) is 6.04. The molecule has 1 heterocycles. The molecule has 20 heavy (non-hydrogen) atoms. The van der Waals surface area contributed by atoms with E-state index in [0.717, 1.165) is 6.08 Å². The van der Waals surface area contributed by atoms with Gasteiger partial charge in [0.1, 0.15) is 18.8 Å². The Morgan fingerprint density at radius 2 is 1.95 bits per heavy atom. The quantitative estimate of drug-likeness (QED) is 0.242. The third kappa shape index (κ3) is 3.58. The normalized spacial score (nSPS) is 36.1. The molecule has 5 atom stereocenters. The summed E-state index contributed by atoms with van der Waals surface area (Å²) in [6.45, 7) is -1.85. The molecule has 1 fully saturated rings. The fraction of sp³-hybridized carbons (Fsp3) is 0.818. The van der Waals surface area contributed by atoms with Crippen molar-refractivity contribution in [3.63, 3.8) is 0 Å². The van der Waals surface area contributed by atoms with E-state index in [0.29, 0.717) is 0 Å². The van der Waals surface area contributed by atoms with Gasteiger partial charge in [0.05, 0.1) is 12.7 Å².